The fourth-order valence-electron chi connectivity index (χ4n) is 4.53. The lowest BCUT2D eigenvalue weighted by atomic mass is 9.53. The predicted molar refractivity (Wildman–Crippen MR) is 99.9 cm³/mol. The van der Waals surface area contributed by atoms with Crippen LogP contribution in [0.3, 0.4) is 0 Å². The van der Waals surface area contributed by atoms with Crippen molar-refractivity contribution in [2.24, 2.45) is 11.1 Å². The van der Waals surface area contributed by atoms with E-state index in [9.17, 15) is 14.9 Å². The van der Waals surface area contributed by atoms with E-state index in [1.165, 1.54) is 4.90 Å². The number of hydrogen-bond donors (Lipinski definition) is 3. The van der Waals surface area contributed by atoms with Crippen molar-refractivity contribution in [1.29, 1.82) is 5.26 Å². The molecule has 9 heteroatoms. The van der Waals surface area contributed by atoms with Gasteiger partial charge in [-0.15, -0.1) is 0 Å². The molecule has 1 aliphatic heterocycles. The molecule has 0 unspecified atom stereocenters. The van der Waals surface area contributed by atoms with Crippen LogP contribution in [-0.2, 0) is 5.54 Å². The molecule has 144 valence electrons. The second-order valence-electron chi connectivity index (χ2n) is 7.74. The maximum atomic E-state index is 11.9. The van der Waals surface area contributed by atoms with Crippen LogP contribution in [0.5, 0.6) is 0 Å². The molecule has 4 N–H and O–H groups in total. The Kier molecular flexibility index (Phi) is 4.00. The van der Waals surface area contributed by atoms with Gasteiger partial charge in [-0.25, -0.2) is 4.79 Å². The van der Waals surface area contributed by atoms with Crippen LogP contribution in [0.15, 0.2) is 36.5 Å². The lowest BCUT2D eigenvalue weighted by Crippen LogP contribution is -2.69. The van der Waals surface area contributed by atoms with E-state index in [-0.39, 0.29) is 17.4 Å². The van der Waals surface area contributed by atoms with Crippen molar-refractivity contribution in [3.8, 4) is 6.07 Å². The summed E-state index contributed by atoms with van der Waals surface area (Å²) in [5.74, 6) is -0.260. The van der Waals surface area contributed by atoms with Gasteiger partial charge in [0.05, 0.1) is 18.0 Å². The SMILES string of the molecule is N#CCC1(n2cc(C(N)=O)c(Nc3ccccc3)n2)CC2(CN(C(=O)O)C2)C1. The molecule has 1 aromatic carbocycles. The Labute approximate surface area is 161 Å². The Hall–Kier alpha value is -3.54. The van der Waals surface area contributed by atoms with Gasteiger partial charge >= 0.3 is 6.09 Å². The first-order valence-corrected chi connectivity index (χ1v) is 8.93. The number of rotatable bonds is 5. The van der Waals surface area contributed by atoms with Crippen LogP contribution in [0.1, 0.15) is 29.6 Å². The summed E-state index contributed by atoms with van der Waals surface area (Å²) in [6.45, 7) is 0.934. The first-order valence-electron chi connectivity index (χ1n) is 8.93. The van der Waals surface area contributed by atoms with E-state index < -0.39 is 17.5 Å². The largest absolute Gasteiger partial charge is 0.465 e. The number of carbonyl (C=O) groups excluding carboxylic acids is 1. The average molecular weight is 380 g/mol. The minimum absolute atomic E-state index is 0.110. The number of nitrogens with one attached hydrogen (secondary N) is 1. The third-order valence-corrected chi connectivity index (χ3v) is 5.64. The van der Waals surface area contributed by atoms with E-state index >= 15 is 0 Å². The minimum Gasteiger partial charge on any atom is -0.465 e. The minimum atomic E-state index is -0.923. The number of anilines is 2. The van der Waals surface area contributed by atoms with Crippen LogP contribution in [0.4, 0.5) is 16.3 Å². The molecule has 2 aliphatic rings. The Morgan fingerprint density at radius 2 is 1.96 bits per heavy atom. The molecule has 1 spiro atoms. The molecule has 9 nitrogen and oxygen atoms in total. The summed E-state index contributed by atoms with van der Waals surface area (Å²) >= 11 is 0. The molecular weight excluding hydrogens is 360 g/mol. The highest BCUT2D eigenvalue weighted by atomic mass is 16.4. The second kappa shape index (κ2) is 6.27. The molecule has 2 aromatic rings. The van der Waals surface area contributed by atoms with Crippen molar-refractivity contribution in [3.05, 3.63) is 42.1 Å². The number of nitriles is 1. The summed E-state index contributed by atoms with van der Waals surface area (Å²) in [7, 11) is 0. The van der Waals surface area contributed by atoms with E-state index in [1.54, 1.807) is 10.9 Å². The van der Waals surface area contributed by atoms with Gasteiger partial charge in [0.15, 0.2) is 5.82 Å². The Morgan fingerprint density at radius 1 is 1.29 bits per heavy atom. The fourth-order valence-corrected chi connectivity index (χ4v) is 4.53. The number of amides is 2. The molecule has 2 heterocycles. The van der Waals surface area contributed by atoms with Gasteiger partial charge in [0, 0.05) is 30.4 Å². The van der Waals surface area contributed by atoms with Gasteiger partial charge in [0.2, 0.25) is 0 Å². The molecule has 4 rings (SSSR count). The predicted octanol–water partition coefficient (Wildman–Crippen LogP) is 2.11. The molecule has 2 fully saturated rings. The molecule has 28 heavy (non-hydrogen) atoms. The van der Waals surface area contributed by atoms with Crippen molar-refractivity contribution < 1.29 is 14.7 Å². The van der Waals surface area contributed by atoms with E-state index in [2.05, 4.69) is 16.5 Å². The van der Waals surface area contributed by atoms with Crippen LogP contribution >= 0.6 is 0 Å². The third kappa shape index (κ3) is 2.83. The van der Waals surface area contributed by atoms with E-state index in [1.807, 2.05) is 30.3 Å². The highest BCUT2D eigenvalue weighted by Gasteiger charge is 2.62. The highest BCUT2D eigenvalue weighted by molar-refractivity contribution is 5.98. The number of para-hydroxylation sites is 1. The summed E-state index contributed by atoms with van der Waals surface area (Å²) in [5.41, 5.74) is 5.89. The molecule has 2 amide bonds. The van der Waals surface area contributed by atoms with Crippen LogP contribution < -0.4 is 11.1 Å². The summed E-state index contributed by atoms with van der Waals surface area (Å²) in [4.78, 5) is 24.4. The molecule has 1 aromatic heterocycles. The fraction of sp³-hybridized carbons (Fsp3) is 0.368. The number of benzene rings is 1. The van der Waals surface area contributed by atoms with Gasteiger partial charge < -0.3 is 21.1 Å². The molecule has 1 saturated heterocycles. The smallest absolute Gasteiger partial charge is 0.407 e. The number of aromatic nitrogens is 2. The van der Waals surface area contributed by atoms with Gasteiger partial charge in [-0.05, 0) is 25.0 Å². The highest BCUT2D eigenvalue weighted by Crippen LogP contribution is 2.59. The van der Waals surface area contributed by atoms with E-state index in [4.69, 9.17) is 10.8 Å². The second-order valence-corrected chi connectivity index (χ2v) is 7.74. The van der Waals surface area contributed by atoms with Gasteiger partial charge in [-0.1, -0.05) is 18.2 Å². The third-order valence-electron chi connectivity index (χ3n) is 5.64. The van der Waals surface area contributed by atoms with Crippen molar-refractivity contribution in [2.45, 2.75) is 24.8 Å². The molecule has 0 radical (unpaired) electrons. The van der Waals surface area contributed by atoms with Crippen molar-refractivity contribution in [2.75, 3.05) is 18.4 Å². The topological polar surface area (TPSA) is 137 Å². The normalized spacial score (nSPS) is 18.6. The van der Waals surface area contributed by atoms with Crippen molar-refractivity contribution in [3.63, 3.8) is 0 Å². The van der Waals surface area contributed by atoms with E-state index in [0.29, 0.717) is 31.7 Å². The Morgan fingerprint density at radius 3 is 2.54 bits per heavy atom. The number of primary amides is 1. The Balaban J connectivity index is 1.60. The molecule has 0 atom stereocenters. The zero-order valence-corrected chi connectivity index (χ0v) is 15.1. The van der Waals surface area contributed by atoms with Gasteiger partial charge in [-0.3, -0.25) is 9.48 Å². The van der Waals surface area contributed by atoms with Gasteiger partial charge in [0.1, 0.15) is 5.56 Å². The summed E-state index contributed by atoms with van der Waals surface area (Å²) in [5, 5.41) is 26.1. The van der Waals surface area contributed by atoms with Gasteiger partial charge in [-0.2, -0.15) is 10.4 Å². The molecular formula is C19H20N6O3. The summed E-state index contributed by atoms with van der Waals surface area (Å²) in [6.07, 6.45) is 2.18. The lowest BCUT2D eigenvalue weighted by molar-refractivity contribution is -0.125. The zero-order chi connectivity index (χ0) is 19.9. The summed E-state index contributed by atoms with van der Waals surface area (Å²) in [6, 6.07) is 11.5. The van der Waals surface area contributed by atoms with E-state index in [0.717, 1.165) is 5.69 Å². The number of likely N-dealkylation sites (tertiary alicyclic amines) is 1. The molecule has 1 aliphatic carbocycles. The maximum Gasteiger partial charge on any atom is 0.407 e. The monoisotopic (exact) mass is 380 g/mol. The van der Waals surface area contributed by atoms with Crippen molar-refractivity contribution >= 4 is 23.5 Å². The van der Waals surface area contributed by atoms with Crippen LogP contribution in [0.2, 0.25) is 0 Å². The first kappa shape index (κ1) is 17.9. The first-order chi connectivity index (χ1) is 13.4. The molecule has 0 bridgehead atoms. The Bertz CT molecular complexity index is 963. The number of carboxylic acid groups (broad SMARTS) is 1. The van der Waals surface area contributed by atoms with Crippen LogP contribution in [0.25, 0.3) is 0 Å². The zero-order valence-electron chi connectivity index (χ0n) is 15.1. The van der Waals surface area contributed by atoms with Crippen LogP contribution in [0, 0.1) is 16.7 Å². The van der Waals surface area contributed by atoms with Crippen LogP contribution in [-0.4, -0.2) is 44.9 Å². The quantitative estimate of drug-likeness (QED) is 0.726. The average Bonchev–Trinajstić information content (AvgIpc) is 3.01. The molecule has 1 saturated carbocycles. The summed E-state index contributed by atoms with van der Waals surface area (Å²) < 4.78 is 1.66. The number of hydrogen-bond acceptors (Lipinski definition) is 5. The number of nitrogens with two attached hydrogens (primary N) is 1. The standard InChI is InChI=1S/C19H20N6O3/c20-7-6-19(9-18(10-19)11-24(12-18)17(27)28)25-8-14(15(21)26)16(23-25)22-13-4-2-1-3-5-13/h1-5,8H,6,9-12H2,(H2,21,26)(H,22,23)(H,27,28). The number of carbonyl (C=O) groups is 2. The van der Waals surface area contributed by atoms with Gasteiger partial charge in [0.25, 0.3) is 5.91 Å². The number of nitrogens with zero attached hydrogens (tertiary/aromatic N) is 4. The lowest BCUT2D eigenvalue weighted by Gasteiger charge is -2.62. The maximum absolute atomic E-state index is 11.9. The van der Waals surface area contributed by atoms with Crippen molar-refractivity contribution in [1.82, 2.24) is 14.7 Å².